The Kier molecular flexibility index (Phi) is 7.77. The van der Waals surface area contributed by atoms with Gasteiger partial charge in [0.05, 0.1) is 23.7 Å². The average molecular weight is 485 g/mol. The van der Waals surface area contributed by atoms with Gasteiger partial charge in [-0.25, -0.2) is 4.99 Å². The van der Waals surface area contributed by atoms with Crippen molar-refractivity contribution in [1.82, 2.24) is 10.3 Å². The summed E-state index contributed by atoms with van der Waals surface area (Å²) in [7, 11) is 0. The molecule has 0 saturated heterocycles. The molecule has 0 atom stereocenters. The second kappa shape index (κ2) is 11.1. The van der Waals surface area contributed by atoms with Crippen LogP contribution in [0.2, 0.25) is 0 Å². The molecule has 0 fully saturated rings. The van der Waals surface area contributed by atoms with Crippen molar-refractivity contribution in [3.05, 3.63) is 101 Å². The van der Waals surface area contributed by atoms with Crippen LogP contribution in [0.1, 0.15) is 42.1 Å². The van der Waals surface area contributed by atoms with Crippen LogP contribution in [0, 0.1) is 6.92 Å². The monoisotopic (exact) mass is 484 g/mol. The summed E-state index contributed by atoms with van der Waals surface area (Å²) in [5.41, 5.74) is 5.10. The van der Waals surface area contributed by atoms with Gasteiger partial charge in [-0.1, -0.05) is 73.6 Å². The fourth-order valence-corrected chi connectivity index (χ4v) is 4.37. The van der Waals surface area contributed by atoms with Gasteiger partial charge in [0.15, 0.2) is 5.17 Å². The summed E-state index contributed by atoms with van der Waals surface area (Å²) in [6, 6.07) is 21.4. The molecule has 2 heterocycles. The molecule has 0 aliphatic carbocycles. The van der Waals surface area contributed by atoms with Crippen molar-refractivity contribution in [2.75, 3.05) is 10.7 Å². The lowest BCUT2D eigenvalue weighted by molar-refractivity contribution is -0.118. The molecule has 6 nitrogen and oxygen atoms in total. The molecule has 2 aromatic carbocycles. The molecule has 1 aromatic heterocycles. The van der Waals surface area contributed by atoms with Crippen molar-refractivity contribution in [2.24, 2.45) is 4.99 Å². The number of pyridine rings is 1. The van der Waals surface area contributed by atoms with Gasteiger partial charge in [-0.05, 0) is 54.3 Å². The maximum absolute atomic E-state index is 13.4. The van der Waals surface area contributed by atoms with Gasteiger partial charge in [-0.2, -0.15) is 0 Å². The van der Waals surface area contributed by atoms with Crippen LogP contribution in [-0.2, 0) is 16.1 Å². The van der Waals surface area contributed by atoms with Crippen LogP contribution < -0.4 is 10.2 Å². The summed E-state index contributed by atoms with van der Waals surface area (Å²) in [4.78, 5) is 36.2. The van der Waals surface area contributed by atoms with E-state index < -0.39 is 0 Å². The first-order valence-electron chi connectivity index (χ1n) is 11.5. The van der Waals surface area contributed by atoms with Crippen LogP contribution >= 0.6 is 11.8 Å². The Balaban J connectivity index is 1.52. The van der Waals surface area contributed by atoms with Crippen molar-refractivity contribution >= 4 is 40.5 Å². The van der Waals surface area contributed by atoms with E-state index in [1.54, 1.807) is 17.2 Å². The molecular formula is C28H28N4O2S. The number of hydrogen-bond acceptors (Lipinski definition) is 5. The van der Waals surface area contributed by atoms with E-state index in [2.05, 4.69) is 41.3 Å². The number of aliphatic imine (C=N–C) groups is 1. The number of anilines is 1. The van der Waals surface area contributed by atoms with Gasteiger partial charge in [-0.3, -0.25) is 19.5 Å². The molecule has 3 aromatic rings. The quantitative estimate of drug-likeness (QED) is 0.462. The Bertz CT molecular complexity index is 1250. The van der Waals surface area contributed by atoms with Gasteiger partial charge in [0.25, 0.3) is 5.91 Å². The minimum absolute atomic E-state index is 0.137. The van der Waals surface area contributed by atoms with Gasteiger partial charge in [-0.15, -0.1) is 0 Å². The van der Waals surface area contributed by atoms with Crippen molar-refractivity contribution < 1.29 is 9.59 Å². The molecule has 0 spiro atoms. The number of nitrogens with one attached hydrogen (secondary N) is 1. The standard InChI is InChI=1S/C28H28N4O2S/c1-19(2)22-11-9-21(10-12-22)16-25-27(34)32(24-13-7-20(3)8-14-24)28(31-25)35-18-26(33)30-17-23-6-4-5-15-29-23/h4-16,19H,17-18H2,1-3H3,(H,30,33)/b25-16+. The first kappa shape index (κ1) is 24.4. The lowest BCUT2D eigenvalue weighted by Gasteiger charge is -2.18. The second-order valence-corrected chi connectivity index (χ2v) is 9.55. The lowest BCUT2D eigenvalue weighted by Crippen LogP contribution is -2.32. The van der Waals surface area contributed by atoms with Crippen molar-refractivity contribution in [3.63, 3.8) is 0 Å². The van der Waals surface area contributed by atoms with Gasteiger partial charge in [0.1, 0.15) is 5.70 Å². The summed E-state index contributed by atoms with van der Waals surface area (Å²) < 4.78 is 0. The molecule has 0 bridgehead atoms. The van der Waals surface area contributed by atoms with Gasteiger partial charge >= 0.3 is 0 Å². The fourth-order valence-electron chi connectivity index (χ4n) is 3.52. The Morgan fingerprint density at radius 3 is 2.46 bits per heavy atom. The third-order valence-corrected chi connectivity index (χ3v) is 6.49. The number of carbonyl (C=O) groups is 2. The minimum Gasteiger partial charge on any atom is -0.350 e. The molecule has 178 valence electrons. The predicted octanol–water partition coefficient (Wildman–Crippen LogP) is 5.31. The highest BCUT2D eigenvalue weighted by atomic mass is 32.2. The summed E-state index contributed by atoms with van der Waals surface area (Å²) in [5, 5.41) is 3.35. The molecular weight excluding hydrogens is 456 g/mol. The van der Waals surface area contributed by atoms with E-state index in [4.69, 9.17) is 0 Å². The number of aromatic nitrogens is 1. The van der Waals surface area contributed by atoms with Crippen LogP contribution in [0.25, 0.3) is 6.08 Å². The zero-order valence-electron chi connectivity index (χ0n) is 20.1. The van der Waals surface area contributed by atoms with Gasteiger partial charge < -0.3 is 5.32 Å². The van der Waals surface area contributed by atoms with Gasteiger partial charge in [0.2, 0.25) is 5.91 Å². The second-order valence-electron chi connectivity index (χ2n) is 8.61. The average Bonchev–Trinajstić information content (AvgIpc) is 3.17. The Labute approximate surface area is 210 Å². The maximum atomic E-state index is 13.4. The highest BCUT2D eigenvalue weighted by Crippen LogP contribution is 2.30. The van der Waals surface area contributed by atoms with Gasteiger partial charge in [0, 0.05) is 6.20 Å². The molecule has 2 amide bonds. The lowest BCUT2D eigenvalue weighted by atomic mass is 10.0. The normalized spacial score (nSPS) is 14.5. The summed E-state index contributed by atoms with van der Waals surface area (Å²) in [6.07, 6.45) is 3.49. The molecule has 0 radical (unpaired) electrons. The Hall–Kier alpha value is -3.71. The summed E-state index contributed by atoms with van der Waals surface area (Å²) in [6.45, 7) is 6.64. The van der Waals surface area contributed by atoms with E-state index in [1.165, 1.54) is 17.3 Å². The topological polar surface area (TPSA) is 74.7 Å². The van der Waals surface area contributed by atoms with Crippen LogP contribution in [0.5, 0.6) is 0 Å². The molecule has 1 aliphatic rings. The third kappa shape index (κ3) is 6.25. The van der Waals surface area contributed by atoms with E-state index in [0.717, 1.165) is 22.5 Å². The summed E-state index contributed by atoms with van der Waals surface area (Å²) in [5.74, 6) is 0.212. The number of rotatable bonds is 7. The third-order valence-electron chi connectivity index (χ3n) is 5.55. The number of thioether (sulfide) groups is 1. The van der Waals surface area contributed by atoms with E-state index >= 15 is 0 Å². The highest BCUT2D eigenvalue weighted by Gasteiger charge is 2.32. The molecule has 4 rings (SSSR count). The zero-order chi connectivity index (χ0) is 24.8. The van der Waals surface area contributed by atoms with Crippen molar-refractivity contribution in [1.29, 1.82) is 0 Å². The molecule has 35 heavy (non-hydrogen) atoms. The predicted molar refractivity (Wildman–Crippen MR) is 143 cm³/mol. The number of benzene rings is 2. The molecule has 7 heteroatoms. The Morgan fingerprint density at radius 1 is 1.06 bits per heavy atom. The Morgan fingerprint density at radius 2 is 1.80 bits per heavy atom. The number of amides is 2. The number of carbonyl (C=O) groups excluding carboxylic acids is 2. The maximum Gasteiger partial charge on any atom is 0.283 e. The number of amidine groups is 1. The molecule has 1 N–H and O–H groups in total. The fraction of sp³-hybridized carbons (Fsp3) is 0.214. The van der Waals surface area contributed by atoms with Crippen molar-refractivity contribution in [2.45, 2.75) is 33.2 Å². The number of aryl methyl sites for hydroxylation is 1. The zero-order valence-corrected chi connectivity index (χ0v) is 20.9. The van der Waals surface area contributed by atoms with Crippen LogP contribution in [0.15, 0.2) is 83.6 Å². The number of nitrogens with zero attached hydrogens (tertiary/aromatic N) is 3. The minimum atomic E-state index is -0.210. The van der Waals surface area contributed by atoms with Crippen molar-refractivity contribution in [3.8, 4) is 0 Å². The van der Waals surface area contributed by atoms with E-state index in [0.29, 0.717) is 23.3 Å². The molecule has 0 unspecified atom stereocenters. The largest absolute Gasteiger partial charge is 0.350 e. The molecule has 0 saturated carbocycles. The SMILES string of the molecule is Cc1ccc(N2C(=O)/C(=C\c3ccc(C(C)C)cc3)N=C2SCC(=O)NCc2ccccn2)cc1. The van der Waals surface area contributed by atoms with Crippen LogP contribution in [-0.4, -0.2) is 27.7 Å². The highest BCUT2D eigenvalue weighted by molar-refractivity contribution is 8.14. The summed E-state index contributed by atoms with van der Waals surface area (Å²) >= 11 is 1.24. The van der Waals surface area contributed by atoms with E-state index in [-0.39, 0.29) is 17.6 Å². The molecule has 1 aliphatic heterocycles. The first-order valence-corrected chi connectivity index (χ1v) is 12.5. The smallest absolute Gasteiger partial charge is 0.283 e. The van der Waals surface area contributed by atoms with E-state index in [9.17, 15) is 9.59 Å². The number of hydrogen-bond donors (Lipinski definition) is 1. The van der Waals surface area contributed by atoms with Crippen LogP contribution in [0.4, 0.5) is 5.69 Å². The van der Waals surface area contributed by atoms with E-state index in [1.807, 2.05) is 61.5 Å². The first-order chi connectivity index (χ1) is 16.9. The van der Waals surface area contributed by atoms with Crippen LogP contribution in [0.3, 0.4) is 0 Å².